The lowest BCUT2D eigenvalue weighted by molar-refractivity contribution is -0.403. The minimum absolute atomic E-state index is 0. The van der Waals surface area contributed by atoms with E-state index in [1.165, 1.54) is 6.20 Å². The molecule has 2 heterocycles. The second-order valence-electron chi connectivity index (χ2n) is 6.48. The van der Waals surface area contributed by atoms with Crippen LogP contribution in [0.25, 0.3) is 0 Å². The highest BCUT2D eigenvalue weighted by Gasteiger charge is 2.48. The fourth-order valence-corrected chi connectivity index (χ4v) is 2.92. The summed E-state index contributed by atoms with van der Waals surface area (Å²) >= 11 is 11.2. The highest BCUT2D eigenvalue weighted by Crippen LogP contribution is 2.51. The number of hydrogen-bond donors (Lipinski definition) is 2. The van der Waals surface area contributed by atoms with E-state index in [4.69, 9.17) is 34.7 Å². The number of nitrogens with two attached hydrogens (primary N) is 2. The van der Waals surface area contributed by atoms with Crippen LogP contribution in [0.5, 0.6) is 0 Å². The van der Waals surface area contributed by atoms with Crippen LogP contribution in [0.1, 0.15) is 38.8 Å². The highest BCUT2D eigenvalue weighted by atomic mass is 35.5. The second kappa shape index (κ2) is 12.6. The predicted octanol–water partition coefficient (Wildman–Crippen LogP) is 4.47. The molecule has 2 aromatic heterocycles. The van der Waals surface area contributed by atoms with E-state index in [1.54, 1.807) is 24.4 Å². The van der Waals surface area contributed by atoms with Gasteiger partial charge in [-0.05, 0) is 36.1 Å². The minimum atomic E-state index is -0.585. The van der Waals surface area contributed by atoms with Crippen LogP contribution in [0, 0.1) is 20.2 Å². The van der Waals surface area contributed by atoms with Gasteiger partial charge < -0.3 is 11.5 Å². The Balaban J connectivity index is 0.000000570. The standard InChI is InChI=1S/C10H10ClN3O2.C8H8ClN3O2.2CH4/c11-9-2-1-7(5-13-9)10(3-4-10)8(12)6-14(15)16;9-8-2-1-6(4-11-8)3-7(10)5-12(13)14;;/h1-2,5-6H,3-4,12H2;1-2,4-5H,3,10H2;2*1H4/b8-6-;7-5-;;. The third-order valence-electron chi connectivity index (χ3n) is 4.30. The first kappa shape index (κ1) is 28.8. The normalized spacial score (nSPS) is 14.1. The molecule has 0 aromatic carbocycles. The van der Waals surface area contributed by atoms with Crippen LogP contribution < -0.4 is 11.5 Å². The Kier molecular flexibility index (Phi) is 11.3. The first-order valence-corrected chi connectivity index (χ1v) is 9.31. The highest BCUT2D eigenvalue weighted by molar-refractivity contribution is 6.29. The Morgan fingerprint density at radius 3 is 1.91 bits per heavy atom. The van der Waals surface area contributed by atoms with Gasteiger partial charge in [-0.2, -0.15) is 0 Å². The number of allylic oxidation sites excluding steroid dienone is 2. The number of rotatable bonds is 6. The smallest absolute Gasteiger partial charge is 0.253 e. The van der Waals surface area contributed by atoms with Crippen LogP contribution in [-0.4, -0.2) is 19.8 Å². The van der Waals surface area contributed by atoms with Gasteiger partial charge in [0.2, 0.25) is 0 Å². The molecule has 0 aliphatic heterocycles. The molecule has 0 spiro atoms. The monoisotopic (exact) mass is 484 g/mol. The molecule has 1 saturated carbocycles. The predicted molar refractivity (Wildman–Crippen MR) is 125 cm³/mol. The number of aromatic nitrogens is 2. The van der Waals surface area contributed by atoms with E-state index in [1.807, 2.05) is 6.07 Å². The van der Waals surface area contributed by atoms with Crippen LogP contribution in [0.4, 0.5) is 0 Å². The molecule has 0 amide bonds. The SMILES string of the molecule is C.C.N/C(=C\[N+](=O)[O-])C1(c2ccc(Cl)nc2)CC1.N/C(=C\[N+](=O)[O-])Cc1ccc(Cl)nc1. The van der Waals surface area contributed by atoms with Crippen LogP contribution in [0.3, 0.4) is 0 Å². The fourth-order valence-electron chi connectivity index (χ4n) is 2.69. The molecule has 4 N–H and O–H groups in total. The summed E-state index contributed by atoms with van der Waals surface area (Å²) in [5, 5.41) is 21.2. The van der Waals surface area contributed by atoms with Crippen LogP contribution in [0.2, 0.25) is 10.3 Å². The third-order valence-corrected chi connectivity index (χ3v) is 4.74. The van der Waals surface area contributed by atoms with E-state index < -0.39 is 15.3 Å². The zero-order valence-electron chi connectivity index (χ0n) is 15.6. The maximum absolute atomic E-state index is 10.4. The summed E-state index contributed by atoms with van der Waals surface area (Å²) in [4.78, 5) is 27.1. The third kappa shape index (κ3) is 8.48. The molecule has 2 aromatic rings. The van der Waals surface area contributed by atoms with Gasteiger partial charge in [0, 0.05) is 24.2 Å². The summed E-state index contributed by atoms with van der Waals surface area (Å²) in [7, 11) is 0. The fraction of sp³-hybridized carbons (Fsp3) is 0.300. The Hall–Kier alpha value is -3.24. The van der Waals surface area contributed by atoms with Crippen LogP contribution in [-0.2, 0) is 11.8 Å². The van der Waals surface area contributed by atoms with Gasteiger partial charge in [-0.25, -0.2) is 9.97 Å². The molecule has 1 fully saturated rings. The molecule has 0 atom stereocenters. The van der Waals surface area contributed by atoms with Crippen molar-refractivity contribution >= 4 is 23.2 Å². The lowest BCUT2D eigenvalue weighted by Crippen LogP contribution is -2.19. The maximum atomic E-state index is 10.4. The van der Waals surface area contributed by atoms with E-state index >= 15 is 0 Å². The largest absolute Gasteiger partial charge is 0.397 e. The van der Waals surface area contributed by atoms with Gasteiger partial charge in [0.1, 0.15) is 10.3 Å². The number of halogens is 2. The van der Waals surface area contributed by atoms with Gasteiger partial charge >= 0.3 is 0 Å². The molecule has 10 nitrogen and oxygen atoms in total. The molecule has 174 valence electrons. The topological polar surface area (TPSA) is 164 Å². The van der Waals surface area contributed by atoms with Gasteiger partial charge in [0.05, 0.1) is 21.2 Å². The average Bonchev–Trinajstić information content (AvgIpc) is 3.46. The number of nitrogens with zero attached hydrogens (tertiary/aromatic N) is 4. The Labute approximate surface area is 196 Å². The zero-order valence-corrected chi connectivity index (χ0v) is 17.1. The van der Waals surface area contributed by atoms with Crippen molar-refractivity contribution in [2.75, 3.05) is 0 Å². The van der Waals surface area contributed by atoms with E-state index in [0.717, 1.165) is 36.4 Å². The van der Waals surface area contributed by atoms with Crippen molar-refractivity contribution in [2.24, 2.45) is 11.5 Å². The van der Waals surface area contributed by atoms with Crippen molar-refractivity contribution < 1.29 is 9.85 Å². The van der Waals surface area contributed by atoms with E-state index in [9.17, 15) is 20.2 Å². The average molecular weight is 485 g/mol. The van der Waals surface area contributed by atoms with Crippen molar-refractivity contribution in [1.29, 1.82) is 0 Å². The van der Waals surface area contributed by atoms with E-state index in [-0.39, 0.29) is 26.2 Å². The number of pyridine rings is 2. The summed E-state index contributed by atoms with van der Waals surface area (Å²) < 4.78 is 0. The number of hydrogen-bond acceptors (Lipinski definition) is 8. The van der Waals surface area contributed by atoms with Crippen LogP contribution in [0.15, 0.2) is 60.5 Å². The lowest BCUT2D eigenvalue weighted by Gasteiger charge is -2.13. The Morgan fingerprint density at radius 2 is 1.50 bits per heavy atom. The van der Waals surface area contributed by atoms with Gasteiger partial charge in [-0.1, -0.05) is 50.2 Å². The zero-order chi connectivity index (χ0) is 22.3. The molecule has 0 unspecified atom stereocenters. The van der Waals surface area contributed by atoms with Gasteiger partial charge in [-0.15, -0.1) is 0 Å². The molecule has 0 saturated heterocycles. The summed E-state index contributed by atoms with van der Waals surface area (Å²) in [5.41, 5.74) is 12.9. The summed E-state index contributed by atoms with van der Waals surface area (Å²) in [6.45, 7) is 0. The Bertz CT molecular complexity index is 975. The van der Waals surface area contributed by atoms with Crippen molar-refractivity contribution in [1.82, 2.24) is 9.97 Å². The second-order valence-corrected chi connectivity index (χ2v) is 7.25. The Morgan fingerprint density at radius 1 is 0.969 bits per heavy atom. The van der Waals surface area contributed by atoms with Crippen LogP contribution >= 0.6 is 23.2 Å². The minimum Gasteiger partial charge on any atom is -0.397 e. The molecule has 1 aliphatic carbocycles. The quantitative estimate of drug-likeness (QED) is 0.344. The van der Waals surface area contributed by atoms with E-state index in [0.29, 0.717) is 16.7 Å². The van der Waals surface area contributed by atoms with Gasteiger partial charge in [0.15, 0.2) is 0 Å². The van der Waals surface area contributed by atoms with Gasteiger partial charge in [-0.3, -0.25) is 20.2 Å². The van der Waals surface area contributed by atoms with Crippen molar-refractivity contribution in [3.63, 3.8) is 0 Å². The van der Waals surface area contributed by atoms with Crippen molar-refractivity contribution in [3.8, 4) is 0 Å². The number of nitro groups is 2. The maximum Gasteiger partial charge on any atom is 0.253 e. The molecule has 1 aliphatic rings. The summed E-state index contributed by atoms with van der Waals surface area (Å²) in [6, 6.07) is 6.80. The van der Waals surface area contributed by atoms with Crippen molar-refractivity contribution in [3.05, 3.63) is 102 Å². The molecule has 32 heavy (non-hydrogen) atoms. The lowest BCUT2D eigenvalue weighted by atomic mass is 9.94. The summed E-state index contributed by atoms with van der Waals surface area (Å²) in [6.07, 6.45) is 6.71. The first-order valence-electron chi connectivity index (χ1n) is 8.56. The molecule has 3 rings (SSSR count). The van der Waals surface area contributed by atoms with Crippen molar-refractivity contribution in [2.45, 2.75) is 39.5 Å². The van der Waals surface area contributed by atoms with E-state index in [2.05, 4.69) is 9.97 Å². The molecule has 0 bridgehead atoms. The molecular formula is C20H26Cl2N6O4. The molecule has 0 radical (unpaired) electrons. The molecular weight excluding hydrogens is 459 g/mol. The first-order chi connectivity index (χ1) is 14.1. The molecule has 12 heteroatoms. The summed E-state index contributed by atoms with van der Waals surface area (Å²) in [5.74, 6) is 0. The van der Waals surface area contributed by atoms with Gasteiger partial charge in [0.25, 0.3) is 12.4 Å².